The zero-order chi connectivity index (χ0) is 15.6. The Bertz CT molecular complexity index is 541. The van der Waals surface area contributed by atoms with Crippen LogP contribution < -0.4 is 0 Å². The van der Waals surface area contributed by atoms with Crippen LogP contribution in [0.25, 0.3) is 0 Å². The smallest absolute Gasteiger partial charge is 0.226 e. The highest BCUT2D eigenvalue weighted by Gasteiger charge is 2.39. The third-order valence-electron chi connectivity index (χ3n) is 4.84. The van der Waals surface area contributed by atoms with Gasteiger partial charge in [0.1, 0.15) is 5.78 Å². The van der Waals surface area contributed by atoms with Crippen molar-refractivity contribution < 1.29 is 14.7 Å². The number of hydrogen-bond donors (Lipinski definition) is 1. The molecule has 1 amide bonds. The summed E-state index contributed by atoms with van der Waals surface area (Å²) in [4.78, 5) is 25.6. The fourth-order valence-corrected chi connectivity index (χ4v) is 3.48. The summed E-state index contributed by atoms with van der Waals surface area (Å²) in [6, 6.07) is 9.84. The van der Waals surface area contributed by atoms with Gasteiger partial charge in [0.25, 0.3) is 0 Å². The van der Waals surface area contributed by atoms with Gasteiger partial charge < -0.3 is 10.0 Å². The molecule has 0 atom stereocenters. The maximum absolute atomic E-state index is 12.7. The molecule has 1 N–H and O–H groups in total. The number of amides is 1. The van der Waals surface area contributed by atoms with Crippen molar-refractivity contribution in [2.75, 3.05) is 6.54 Å². The minimum Gasteiger partial charge on any atom is -0.388 e. The van der Waals surface area contributed by atoms with Crippen LogP contribution in [-0.4, -0.2) is 33.8 Å². The third-order valence-corrected chi connectivity index (χ3v) is 4.84. The summed E-state index contributed by atoms with van der Waals surface area (Å²) in [5.41, 5.74) is 0.307. The lowest BCUT2D eigenvalue weighted by Gasteiger charge is -2.35. The normalized spacial score (nSPS) is 20.7. The van der Waals surface area contributed by atoms with Gasteiger partial charge in [-0.3, -0.25) is 9.59 Å². The average Bonchev–Trinajstić information content (AvgIpc) is 2.90. The van der Waals surface area contributed by atoms with Crippen LogP contribution in [0.3, 0.4) is 0 Å². The summed E-state index contributed by atoms with van der Waals surface area (Å²) in [7, 11) is 0. The van der Waals surface area contributed by atoms with Crippen LogP contribution in [0.1, 0.15) is 44.1 Å². The Hall–Kier alpha value is -1.68. The van der Waals surface area contributed by atoms with Crippen molar-refractivity contribution >= 4 is 11.7 Å². The molecule has 3 rings (SSSR count). The Morgan fingerprint density at radius 2 is 1.82 bits per heavy atom. The Labute approximate surface area is 131 Å². The number of carbonyl (C=O) groups excluding carboxylic acids is 2. The molecule has 2 fully saturated rings. The van der Waals surface area contributed by atoms with Crippen LogP contribution in [0, 0.1) is 5.92 Å². The van der Waals surface area contributed by atoms with Crippen molar-refractivity contribution in [3.63, 3.8) is 0 Å². The van der Waals surface area contributed by atoms with Gasteiger partial charge in [-0.05, 0) is 18.4 Å². The molecule has 0 unspecified atom stereocenters. The van der Waals surface area contributed by atoms with Crippen LogP contribution in [0.15, 0.2) is 30.3 Å². The van der Waals surface area contributed by atoms with Crippen molar-refractivity contribution in [3.8, 4) is 0 Å². The molecule has 2 aliphatic carbocycles. The molecule has 1 aromatic rings. The van der Waals surface area contributed by atoms with Gasteiger partial charge >= 0.3 is 0 Å². The zero-order valence-corrected chi connectivity index (χ0v) is 12.8. The molecule has 0 aromatic heterocycles. The lowest BCUT2D eigenvalue weighted by atomic mass is 9.82. The van der Waals surface area contributed by atoms with Gasteiger partial charge in [0, 0.05) is 25.9 Å². The quantitative estimate of drug-likeness (QED) is 0.908. The van der Waals surface area contributed by atoms with Crippen LogP contribution in [-0.2, 0) is 16.1 Å². The highest BCUT2D eigenvalue weighted by Crippen LogP contribution is 2.32. The van der Waals surface area contributed by atoms with Crippen LogP contribution >= 0.6 is 0 Å². The summed E-state index contributed by atoms with van der Waals surface area (Å²) >= 11 is 0. The van der Waals surface area contributed by atoms with Crippen LogP contribution in [0.5, 0.6) is 0 Å². The fraction of sp³-hybridized carbons (Fsp3) is 0.556. The topological polar surface area (TPSA) is 57.6 Å². The molecule has 0 aliphatic heterocycles. The number of rotatable bonds is 5. The molecular formula is C18H23NO3. The molecule has 2 aliphatic rings. The molecule has 1 aromatic carbocycles. The van der Waals surface area contributed by atoms with E-state index in [0.29, 0.717) is 25.9 Å². The van der Waals surface area contributed by atoms with Gasteiger partial charge in [-0.2, -0.15) is 0 Å². The third kappa shape index (κ3) is 3.38. The number of ketones is 1. The van der Waals surface area contributed by atoms with E-state index in [1.165, 1.54) is 0 Å². The van der Waals surface area contributed by atoms with Gasteiger partial charge in [-0.1, -0.05) is 43.2 Å². The number of aliphatic hydroxyl groups is 1. The van der Waals surface area contributed by atoms with Gasteiger partial charge in [-0.25, -0.2) is 0 Å². The summed E-state index contributed by atoms with van der Waals surface area (Å²) in [5, 5.41) is 10.7. The molecule has 0 heterocycles. The van der Waals surface area contributed by atoms with Gasteiger partial charge in [0.2, 0.25) is 5.91 Å². The van der Waals surface area contributed by atoms with Gasteiger partial charge in [0.05, 0.1) is 11.5 Å². The Morgan fingerprint density at radius 3 is 2.41 bits per heavy atom. The molecule has 4 heteroatoms. The zero-order valence-electron chi connectivity index (χ0n) is 12.8. The van der Waals surface area contributed by atoms with E-state index in [0.717, 1.165) is 31.2 Å². The second-order valence-corrected chi connectivity index (χ2v) is 6.76. The predicted molar refractivity (Wildman–Crippen MR) is 83.0 cm³/mol. The van der Waals surface area contributed by atoms with Gasteiger partial charge in [0.15, 0.2) is 0 Å². The first kappa shape index (κ1) is 15.2. The summed E-state index contributed by atoms with van der Waals surface area (Å²) in [6.07, 6.45) is 4.28. The Morgan fingerprint density at radius 1 is 1.18 bits per heavy atom. The second kappa shape index (κ2) is 6.21. The molecule has 22 heavy (non-hydrogen) atoms. The van der Waals surface area contributed by atoms with Crippen molar-refractivity contribution in [1.29, 1.82) is 0 Å². The standard InChI is InChI=1S/C18H23NO3/c20-16-10-15(11-16)17(21)19(12-14-6-2-1-3-7-14)13-18(22)8-4-5-9-18/h1-3,6-7,15,22H,4-5,8-13H2. The summed E-state index contributed by atoms with van der Waals surface area (Å²) < 4.78 is 0. The molecule has 118 valence electrons. The number of nitrogens with zero attached hydrogens (tertiary/aromatic N) is 1. The summed E-state index contributed by atoms with van der Waals surface area (Å²) in [5.74, 6) is 0.00239. The molecular weight excluding hydrogens is 278 g/mol. The van der Waals surface area contributed by atoms with E-state index in [9.17, 15) is 14.7 Å². The molecule has 0 radical (unpaired) electrons. The highest BCUT2D eigenvalue weighted by molar-refractivity contribution is 5.96. The largest absolute Gasteiger partial charge is 0.388 e. The maximum atomic E-state index is 12.7. The van der Waals surface area contributed by atoms with E-state index < -0.39 is 5.60 Å². The van der Waals surface area contributed by atoms with E-state index in [1.807, 2.05) is 30.3 Å². The van der Waals surface area contributed by atoms with Crippen molar-refractivity contribution in [2.45, 2.75) is 50.7 Å². The predicted octanol–water partition coefficient (Wildman–Crippen LogP) is 2.30. The second-order valence-electron chi connectivity index (χ2n) is 6.76. The van der Waals surface area contributed by atoms with E-state index in [-0.39, 0.29) is 17.6 Å². The van der Waals surface area contributed by atoms with Crippen molar-refractivity contribution in [1.82, 2.24) is 4.90 Å². The average molecular weight is 301 g/mol. The minimum atomic E-state index is -0.752. The molecule has 0 spiro atoms. The van der Waals surface area contributed by atoms with Crippen molar-refractivity contribution in [3.05, 3.63) is 35.9 Å². The molecule has 2 saturated carbocycles. The monoisotopic (exact) mass is 301 g/mol. The summed E-state index contributed by atoms with van der Waals surface area (Å²) in [6.45, 7) is 0.887. The first-order valence-corrected chi connectivity index (χ1v) is 8.13. The SMILES string of the molecule is O=C1CC(C(=O)N(Cc2ccccc2)CC2(O)CCCC2)C1. The lowest BCUT2D eigenvalue weighted by molar-refractivity contribution is -0.148. The number of carbonyl (C=O) groups is 2. The number of benzene rings is 1. The molecule has 4 nitrogen and oxygen atoms in total. The Kier molecular flexibility index (Phi) is 4.30. The fourth-order valence-electron chi connectivity index (χ4n) is 3.48. The van der Waals surface area contributed by atoms with Gasteiger partial charge in [-0.15, -0.1) is 0 Å². The molecule has 0 saturated heterocycles. The Balaban J connectivity index is 1.72. The van der Waals surface area contributed by atoms with E-state index in [2.05, 4.69) is 0 Å². The lowest BCUT2D eigenvalue weighted by Crippen LogP contribution is -2.48. The van der Waals surface area contributed by atoms with Crippen LogP contribution in [0.2, 0.25) is 0 Å². The number of Topliss-reactive ketones (excluding diaryl/α,β-unsaturated/α-hetero) is 1. The van der Waals surface area contributed by atoms with Crippen LogP contribution in [0.4, 0.5) is 0 Å². The first-order valence-electron chi connectivity index (χ1n) is 8.13. The van der Waals surface area contributed by atoms with E-state index in [1.54, 1.807) is 4.90 Å². The van der Waals surface area contributed by atoms with E-state index >= 15 is 0 Å². The maximum Gasteiger partial charge on any atom is 0.226 e. The minimum absolute atomic E-state index is 0.0174. The van der Waals surface area contributed by atoms with Crippen molar-refractivity contribution in [2.24, 2.45) is 5.92 Å². The number of hydrogen-bond acceptors (Lipinski definition) is 3. The molecule has 0 bridgehead atoms. The first-order chi connectivity index (χ1) is 10.6. The van der Waals surface area contributed by atoms with E-state index in [4.69, 9.17) is 0 Å². The highest BCUT2D eigenvalue weighted by atomic mass is 16.3.